The molecule has 0 radical (unpaired) electrons. The van der Waals surface area contributed by atoms with E-state index in [1.54, 1.807) is 0 Å². The second kappa shape index (κ2) is 12.3. The molecule has 0 aliphatic carbocycles. The van der Waals surface area contributed by atoms with Crippen molar-refractivity contribution in [3.8, 4) is 11.5 Å². The minimum absolute atomic E-state index is 0.0603. The van der Waals surface area contributed by atoms with Gasteiger partial charge in [0.05, 0.1) is 17.3 Å². The number of ether oxygens (including phenoxy) is 1. The van der Waals surface area contributed by atoms with Gasteiger partial charge in [-0.3, -0.25) is 0 Å². The van der Waals surface area contributed by atoms with Crippen LogP contribution in [0.15, 0.2) is 120 Å². The van der Waals surface area contributed by atoms with Crippen LogP contribution in [0.3, 0.4) is 0 Å². The van der Waals surface area contributed by atoms with E-state index in [1.807, 2.05) is 48.5 Å². The highest BCUT2D eigenvalue weighted by Crippen LogP contribution is 2.37. The Balaban J connectivity index is 1.28. The summed E-state index contributed by atoms with van der Waals surface area (Å²) in [6.07, 6.45) is 5.04. The van der Waals surface area contributed by atoms with Crippen LogP contribution in [-0.4, -0.2) is 23.8 Å². The van der Waals surface area contributed by atoms with Crippen molar-refractivity contribution in [2.24, 2.45) is 5.10 Å². The zero-order valence-corrected chi connectivity index (χ0v) is 24.4. The topological polar surface area (TPSA) is 41.0 Å². The van der Waals surface area contributed by atoms with E-state index < -0.39 is 0 Å². The molecule has 210 valence electrons. The maximum Gasteiger partial charge on any atom is 0.150 e. The quantitative estimate of drug-likeness (QED) is 0.183. The number of hydrogen-bond donors (Lipinski definition) is 0. The van der Waals surface area contributed by atoms with Crippen molar-refractivity contribution in [3.05, 3.63) is 132 Å². The van der Waals surface area contributed by atoms with E-state index in [9.17, 15) is 0 Å². The van der Waals surface area contributed by atoms with Crippen molar-refractivity contribution >= 4 is 34.2 Å². The third-order valence-corrected chi connectivity index (χ3v) is 7.81. The van der Waals surface area contributed by atoms with Gasteiger partial charge in [0.25, 0.3) is 0 Å². The summed E-state index contributed by atoms with van der Waals surface area (Å²) < 4.78 is 5.95. The van der Waals surface area contributed by atoms with E-state index in [0.717, 1.165) is 53.6 Å². The number of benzene rings is 4. The lowest BCUT2D eigenvalue weighted by Gasteiger charge is -2.25. The van der Waals surface area contributed by atoms with Crippen molar-refractivity contribution in [2.75, 3.05) is 23.0 Å². The Morgan fingerprint density at radius 3 is 2.24 bits per heavy atom. The Morgan fingerprint density at radius 2 is 1.50 bits per heavy atom. The number of rotatable bonds is 9. The number of fused-ring (bicyclic) bond motifs is 1. The molecule has 0 bridgehead atoms. The van der Waals surface area contributed by atoms with E-state index in [2.05, 4.69) is 103 Å². The Hall–Kier alpha value is -4.90. The van der Waals surface area contributed by atoms with Gasteiger partial charge in [-0.15, -0.1) is 0 Å². The lowest BCUT2D eigenvalue weighted by molar-refractivity contribution is 0.482. The summed E-state index contributed by atoms with van der Waals surface area (Å²) in [6, 6.07) is 37.4. The van der Waals surface area contributed by atoms with Crippen molar-refractivity contribution in [1.82, 2.24) is 4.98 Å². The van der Waals surface area contributed by atoms with Crippen molar-refractivity contribution in [3.63, 3.8) is 0 Å². The molecule has 0 saturated carbocycles. The van der Waals surface area contributed by atoms with Gasteiger partial charge in [-0.05, 0) is 92.1 Å². The molecule has 1 aliphatic heterocycles. The molecule has 1 unspecified atom stereocenters. The number of hydrogen-bond acceptors (Lipinski definition) is 5. The third-order valence-electron chi connectivity index (χ3n) is 7.81. The monoisotopic (exact) mass is 552 g/mol. The van der Waals surface area contributed by atoms with E-state index >= 15 is 0 Å². The molecule has 4 aromatic carbocycles. The van der Waals surface area contributed by atoms with E-state index in [0.29, 0.717) is 0 Å². The minimum Gasteiger partial charge on any atom is -0.457 e. The van der Waals surface area contributed by atoms with Crippen molar-refractivity contribution in [2.45, 2.75) is 33.2 Å². The molecule has 5 heteroatoms. The summed E-state index contributed by atoms with van der Waals surface area (Å²) in [6.45, 7) is 8.51. The summed E-state index contributed by atoms with van der Waals surface area (Å²) >= 11 is 0. The molecule has 1 aromatic heterocycles. The van der Waals surface area contributed by atoms with Crippen LogP contribution in [0, 0.1) is 6.92 Å². The van der Waals surface area contributed by atoms with Gasteiger partial charge in [-0.1, -0.05) is 66.7 Å². The van der Waals surface area contributed by atoms with Gasteiger partial charge < -0.3 is 9.64 Å². The van der Waals surface area contributed by atoms with Gasteiger partial charge in [0.15, 0.2) is 0 Å². The molecule has 0 fully saturated rings. The molecule has 5 nitrogen and oxygen atoms in total. The predicted molar refractivity (Wildman–Crippen MR) is 176 cm³/mol. The fourth-order valence-electron chi connectivity index (χ4n) is 5.51. The molecule has 0 saturated heterocycles. The Morgan fingerprint density at radius 1 is 0.810 bits per heavy atom. The average molecular weight is 553 g/mol. The molecular formula is C37H36N4O. The fourth-order valence-corrected chi connectivity index (χ4v) is 5.51. The van der Waals surface area contributed by atoms with Crippen molar-refractivity contribution < 1.29 is 4.74 Å². The van der Waals surface area contributed by atoms with Crippen LogP contribution in [0.4, 0.5) is 11.5 Å². The average Bonchev–Trinajstić information content (AvgIpc) is 3.47. The van der Waals surface area contributed by atoms with Crippen LogP contribution < -0.4 is 14.6 Å². The van der Waals surface area contributed by atoms with Crippen LogP contribution >= 0.6 is 0 Å². The number of allylic oxidation sites excluding steroid dienone is 1. The lowest BCUT2D eigenvalue weighted by Crippen LogP contribution is -2.22. The van der Waals surface area contributed by atoms with Gasteiger partial charge in [0.2, 0.25) is 0 Å². The molecule has 5 aromatic rings. The number of pyridine rings is 1. The first-order chi connectivity index (χ1) is 20.6. The number of aryl methyl sites for hydroxylation is 1. The van der Waals surface area contributed by atoms with E-state index in [1.165, 1.54) is 22.2 Å². The predicted octanol–water partition coefficient (Wildman–Crippen LogP) is 9.20. The normalized spacial score (nSPS) is 14.9. The summed E-state index contributed by atoms with van der Waals surface area (Å²) in [4.78, 5) is 7.40. The summed E-state index contributed by atoms with van der Waals surface area (Å²) in [5.41, 5.74) is 6.77. The minimum atomic E-state index is 0.0603. The first kappa shape index (κ1) is 27.3. The molecule has 0 spiro atoms. The third kappa shape index (κ3) is 5.91. The summed E-state index contributed by atoms with van der Waals surface area (Å²) in [7, 11) is 0. The zero-order chi connectivity index (χ0) is 28.9. The molecule has 1 aliphatic rings. The van der Waals surface area contributed by atoms with E-state index in [4.69, 9.17) is 14.8 Å². The molecule has 0 N–H and O–H groups in total. The fraction of sp³-hybridized carbons (Fsp3) is 0.189. The Kier molecular flexibility index (Phi) is 8.00. The highest BCUT2D eigenvalue weighted by Gasteiger charge is 2.29. The number of anilines is 2. The van der Waals surface area contributed by atoms with E-state index in [-0.39, 0.29) is 6.04 Å². The Bertz CT molecular complexity index is 1710. The molecule has 6 rings (SSSR count). The lowest BCUT2D eigenvalue weighted by atomic mass is 10.0. The number of nitrogens with zero attached hydrogens (tertiary/aromatic N) is 4. The number of hydrazone groups is 1. The summed E-state index contributed by atoms with van der Waals surface area (Å²) in [5, 5.41) is 8.38. The second-order valence-electron chi connectivity index (χ2n) is 10.6. The maximum absolute atomic E-state index is 5.95. The first-order valence-corrected chi connectivity index (χ1v) is 14.7. The highest BCUT2D eigenvalue weighted by atomic mass is 16.5. The van der Waals surface area contributed by atoms with Crippen LogP contribution in [-0.2, 0) is 0 Å². The van der Waals surface area contributed by atoms with Gasteiger partial charge >= 0.3 is 0 Å². The van der Waals surface area contributed by atoms with Crippen molar-refractivity contribution in [1.29, 1.82) is 0 Å². The van der Waals surface area contributed by atoms with Gasteiger partial charge in [0, 0.05) is 30.6 Å². The smallest absolute Gasteiger partial charge is 0.150 e. The highest BCUT2D eigenvalue weighted by molar-refractivity contribution is 6.01. The zero-order valence-electron chi connectivity index (χ0n) is 24.4. The largest absolute Gasteiger partial charge is 0.457 e. The summed E-state index contributed by atoms with van der Waals surface area (Å²) in [5.74, 6) is 2.51. The molecule has 0 amide bonds. The number of aromatic nitrogens is 1. The maximum atomic E-state index is 5.95. The molecule has 42 heavy (non-hydrogen) atoms. The van der Waals surface area contributed by atoms with Crippen LogP contribution in [0.2, 0.25) is 0 Å². The van der Waals surface area contributed by atoms with Gasteiger partial charge in [0.1, 0.15) is 17.3 Å². The molecular weight excluding hydrogens is 516 g/mol. The Labute approximate surface area is 248 Å². The van der Waals surface area contributed by atoms with Crippen LogP contribution in [0.25, 0.3) is 17.0 Å². The molecule has 1 atom stereocenters. The van der Waals surface area contributed by atoms with Gasteiger partial charge in [-0.25, -0.2) is 9.99 Å². The van der Waals surface area contributed by atoms with Gasteiger partial charge in [-0.2, -0.15) is 5.10 Å². The van der Waals surface area contributed by atoms with Crippen LogP contribution in [0.5, 0.6) is 11.5 Å². The van der Waals surface area contributed by atoms with Crippen LogP contribution in [0.1, 0.15) is 43.0 Å². The standard InChI is InChI=1S/C37H36N4O/c1-4-40(5-2)31-21-18-29(19-22-31)36-26-30(39-41(36)37-25-27(3)34-13-9-10-14-35(34)38-37)20-15-28-16-23-33(24-17-28)42-32-11-7-6-8-12-32/h6-25,36H,4-5,26H2,1-3H3. The second-order valence-corrected chi connectivity index (χ2v) is 10.6. The molecule has 2 heterocycles. The number of para-hydroxylation sites is 2. The SMILES string of the molecule is CCN(CC)c1ccc(C2CC(C=Cc3ccc(Oc4ccccc4)cc3)=NN2c2cc(C)c3ccccc3n2)cc1. The first-order valence-electron chi connectivity index (χ1n) is 14.7.